The minimum atomic E-state index is -0.0147. The summed E-state index contributed by atoms with van der Waals surface area (Å²) >= 11 is 5.60. The van der Waals surface area contributed by atoms with Gasteiger partial charge in [-0.05, 0) is 50.2 Å². The summed E-state index contributed by atoms with van der Waals surface area (Å²) in [5.41, 5.74) is 0. The van der Waals surface area contributed by atoms with Crippen LogP contribution in [0.15, 0.2) is 0 Å². The number of rotatable bonds is 4. The highest BCUT2D eigenvalue weighted by atomic mass is 32.1. The fourth-order valence-corrected chi connectivity index (χ4v) is 4.57. The average Bonchev–Trinajstić information content (AvgIpc) is 3.19. The fraction of sp³-hybridized carbons (Fsp3) is 0.867. The first-order valence-electron chi connectivity index (χ1n) is 8.31. The van der Waals surface area contributed by atoms with Gasteiger partial charge in [0.2, 0.25) is 0 Å². The van der Waals surface area contributed by atoms with Gasteiger partial charge in [-0.25, -0.2) is 4.68 Å². The molecule has 21 heavy (non-hydrogen) atoms. The minimum absolute atomic E-state index is 0.0147. The lowest BCUT2D eigenvalue weighted by Gasteiger charge is -2.31. The van der Waals surface area contributed by atoms with Crippen LogP contribution in [-0.2, 0) is 13.3 Å². The van der Waals surface area contributed by atoms with E-state index in [0.717, 1.165) is 29.2 Å². The van der Waals surface area contributed by atoms with E-state index in [1.165, 1.54) is 51.5 Å². The largest absolute Gasteiger partial charge is 0.388 e. The average molecular weight is 308 g/mol. The third-order valence-corrected chi connectivity index (χ3v) is 5.84. The third-order valence-electron chi connectivity index (χ3n) is 5.44. The van der Waals surface area contributed by atoms with Crippen molar-refractivity contribution in [3.8, 4) is 0 Å². The Balaban J connectivity index is 1.56. The Kier molecular flexibility index (Phi) is 3.63. The lowest BCUT2D eigenvalue weighted by Crippen LogP contribution is -2.36. The summed E-state index contributed by atoms with van der Waals surface area (Å²) in [6, 6.07) is 1.21. The number of aliphatic hydroxyl groups is 1. The van der Waals surface area contributed by atoms with E-state index >= 15 is 0 Å². The van der Waals surface area contributed by atoms with Gasteiger partial charge in [0.05, 0.1) is 6.67 Å². The summed E-state index contributed by atoms with van der Waals surface area (Å²) < 4.78 is 4.81. The number of aromatic nitrogens is 3. The van der Waals surface area contributed by atoms with Crippen molar-refractivity contribution in [2.75, 3.05) is 6.54 Å². The molecule has 0 aromatic carbocycles. The molecule has 1 N–H and O–H groups in total. The number of fused-ring (bicyclic) bond motifs is 1. The molecule has 0 amide bonds. The van der Waals surface area contributed by atoms with Crippen LogP contribution >= 0.6 is 12.2 Å². The van der Waals surface area contributed by atoms with Crippen LogP contribution in [-0.4, -0.2) is 36.9 Å². The first-order chi connectivity index (χ1) is 10.3. The molecule has 2 saturated carbocycles. The predicted molar refractivity (Wildman–Crippen MR) is 82.3 cm³/mol. The van der Waals surface area contributed by atoms with Gasteiger partial charge < -0.3 is 5.11 Å². The van der Waals surface area contributed by atoms with Crippen molar-refractivity contribution in [3.63, 3.8) is 0 Å². The monoisotopic (exact) mass is 308 g/mol. The van der Waals surface area contributed by atoms with Crippen LogP contribution in [0.1, 0.15) is 56.8 Å². The van der Waals surface area contributed by atoms with Crippen LogP contribution < -0.4 is 0 Å². The zero-order valence-corrected chi connectivity index (χ0v) is 13.3. The predicted octanol–water partition coefficient (Wildman–Crippen LogP) is 2.46. The normalized spacial score (nSPS) is 29.8. The molecule has 2 aliphatic carbocycles. The van der Waals surface area contributed by atoms with Crippen molar-refractivity contribution in [3.05, 3.63) is 10.6 Å². The van der Waals surface area contributed by atoms with Gasteiger partial charge in [-0.2, -0.15) is 5.10 Å². The molecule has 2 heterocycles. The second-order valence-corrected chi connectivity index (χ2v) is 7.18. The lowest BCUT2D eigenvalue weighted by atomic mass is 9.85. The molecule has 1 aromatic heterocycles. The maximum Gasteiger partial charge on any atom is 0.199 e. The molecule has 0 bridgehead atoms. The molecule has 0 radical (unpaired) electrons. The molecule has 1 aliphatic heterocycles. The molecule has 6 heteroatoms. The summed E-state index contributed by atoms with van der Waals surface area (Å²) in [4.78, 5) is 2.56. The highest BCUT2D eigenvalue weighted by molar-refractivity contribution is 7.71. The van der Waals surface area contributed by atoms with Gasteiger partial charge in [-0.3, -0.25) is 9.47 Å². The Morgan fingerprint density at radius 1 is 1.14 bits per heavy atom. The van der Waals surface area contributed by atoms with Gasteiger partial charge >= 0.3 is 0 Å². The molecule has 3 fully saturated rings. The minimum Gasteiger partial charge on any atom is -0.388 e. The summed E-state index contributed by atoms with van der Waals surface area (Å²) in [5, 5.41) is 14.1. The summed E-state index contributed by atoms with van der Waals surface area (Å²) in [6.07, 6.45) is 9.15. The fourth-order valence-electron chi connectivity index (χ4n) is 4.22. The van der Waals surface area contributed by atoms with Crippen molar-refractivity contribution in [2.45, 2.75) is 70.3 Å². The molecular formula is C15H24N4OS. The van der Waals surface area contributed by atoms with E-state index in [2.05, 4.69) is 14.6 Å². The maximum atomic E-state index is 9.52. The van der Waals surface area contributed by atoms with E-state index in [0.29, 0.717) is 6.04 Å². The number of aliphatic hydroxyl groups excluding tert-OH is 1. The summed E-state index contributed by atoms with van der Waals surface area (Å²) in [7, 11) is 0. The van der Waals surface area contributed by atoms with Crippen LogP contribution in [0.25, 0.3) is 0 Å². The van der Waals surface area contributed by atoms with Gasteiger partial charge in [0.1, 0.15) is 6.61 Å². The van der Waals surface area contributed by atoms with Crippen LogP contribution in [0.2, 0.25) is 0 Å². The SMILES string of the molecule is OCc1nn(CN2CCC3CCCCC32)c(=S)n1C1CC1. The molecule has 2 unspecified atom stereocenters. The maximum absolute atomic E-state index is 9.52. The van der Waals surface area contributed by atoms with Crippen LogP contribution in [0, 0.1) is 10.7 Å². The summed E-state index contributed by atoms with van der Waals surface area (Å²) in [5.74, 6) is 1.62. The highest BCUT2D eigenvalue weighted by Crippen LogP contribution is 2.38. The van der Waals surface area contributed by atoms with Crippen molar-refractivity contribution in [1.82, 2.24) is 19.2 Å². The van der Waals surface area contributed by atoms with Crippen molar-refractivity contribution in [2.24, 2.45) is 5.92 Å². The molecule has 4 rings (SSSR count). The standard InChI is InChI=1S/C15H24N4OS/c20-9-14-16-18(15(21)19(14)12-5-6-12)10-17-8-7-11-3-1-2-4-13(11)17/h11-13,20H,1-10H2. The van der Waals surface area contributed by atoms with Gasteiger partial charge in [0.25, 0.3) is 0 Å². The molecule has 1 aromatic rings. The second-order valence-electron chi connectivity index (χ2n) is 6.81. The Hall–Kier alpha value is -0.720. The Morgan fingerprint density at radius 3 is 2.71 bits per heavy atom. The molecule has 3 aliphatic rings. The highest BCUT2D eigenvalue weighted by Gasteiger charge is 2.36. The van der Waals surface area contributed by atoms with Crippen LogP contribution in [0.3, 0.4) is 0 Å². The topological polar surface area (TPSA) is 46.2 Å². The Morgan fingerprint density at radius 2 is 1.95 bits per heavy atom. The number of hydrogen-bond acceptors (Lipinski definition) is 4. The van der Waals surface area contributed by atoms with E-state index in [-0.39, 0.29) is 6.61 Å². The summed E-state index contributed by atoms with van der Waals surface area (Å²) in [6.45, 7) is 1.95. The van der Waals surface area contributed by atoms with Crippen LogP contribution in [0.5, 0.6) is 0 Å². The molecule has 1 saturated heterocycles. The van der Waals surface area contributed by atoms with E-state index in [9.17, 15) is 5.11 Å². The molecular weight excluding hydrogens is 284 g/mol. The van der Waals surface area contributed by atoms with E-state index in [1.807, 2.05) is 4.68 Å². The first kappa shape index (κ1) is 13.9. The quantitative estimate of drug-likeness (QED) is 0.868. The zero-order chi connectivity index (χ0) is 14.4. The third kappa shape index (κ3) is 2.47. The Labute approximate surface area is 130 Å². The van der Waals surface area contributed by atoms with Crippen LogP contribution in [0.4, 0.5) is 0 Å². The van der Waals surface area contributed by atoms with Gasteiger partial charge in [0.15, 0.2) is 10.6 Å². The van der Waals surface area contributed by atoms with Gasteiger partial charge in [-0.1, -0.05) is 12.8 Å². The second kappa shape index (κ2) is 5.48. The number of likely N-dealkylation sites (tertiary alicyclic amines) is 1. The molecule has 5 nitrogen and oxygen atoms in total. The van der Waals surface area contributed by atoms with Crippen molar-refractivity contribution < 1.29 is 5.11 Å². The number of hydrogen-bond donors (Lipinski definition) is 1. The first-order valence-corrected chi connectivity index (χ1v) is 8.72. The van der Waals surface area contributed by atoms with E-state index in [1.54, 1.807) is 0 Å². The molecule has 116 valence electrons. The van der Waals surface area contributed by atoms with E-state index < -0.39 is 0 Å². The number of nitrogens with zero attached hydrogens (tertiary/aromatic N) is 4. The molecule has 0 spiro atoms. The van der Waals surface area contributed by atoms with E-state index in [4.69, 9.17) is 12.2 Å². The zero-order valence-electron chi connectivity index (χ0n) is 12.4. The van der Waals surface area contributed by atoms with Crippen molar-refractivity contribution >= 4 is 12.2 Å². The molecule has 2 atom stereocenters. The van der Waals surface area contributed by atoms with Gasteiger partial charge in [-0.15, -0.1) is 0 Å². The van der Waals surface area contributed by atoms with Crippen molar-refractivity contribution in [1.29, 1.82) is 0 Å². The van der Waals surface area contributed by atoms with Gasteiger partial charge in [0, 0.05) is 18.6 Å². The smallest absolute Gasteiger partial charge is 0.199 e. The lowest BCUT2D eigenvalue weighted by molar-refractivity contribution is 0.139. The Bertz CT molecular complexity index is 577.